The molecule has 0 aromatic rings. The number of rotatable bonds is 0. The summed E-state index contributed by atoms with van der Waals surface area (Å²) < 4.78 is 0. The molecule has 0 aromatic carbocycles. The minimum absolute atomic E-state index is 1.12. The van der Waals surface area contributed by atoms with Crippen LogP contribution in [-0.4, -0.2) is 0 Å². The molecule has 2 fully saturated rings. The molecule has 0 aromatic heterocycles. The number of hydrogen-bond acceptors (Lipinski definition) is 0. The second kappa shape index (κ2) is 6.55. The van der Waals surface area contributed by atoms with E-state index in [9.17, 15) is 0 Å². The first kappa shape index (κ1) is 11.5. The first-order valence-electron chi connectivity index (χ1n) is 7.47. The summed E-state index contributed by atoms with van der Waals surface area (Å²) in [5.41, 5.74) is 0. The average molecular weight is 208 g/mol. The zero-order chi connectivity index (χ0) is 10.3. The quantitative estimate of drug-likeness (QED) is 0.505. The van der Waals surface area contributed by atoms with Crippen molar-refractivity contribution in [1.29, 1.82) is 0 Å². The fourth-order valence-electron chi connectivity index (χ4n) is 3.74. The fraction of sp³-hybridized carbons (Fsp3) is 1.00. The SMILES string of the molecule is C1CCCCC2CCCCC2CCCC1. The Morgan fingerprint density at radius 2 is 0.600 bits per heavy atom. The molecule has 0 N–H and O–H groups in total. The molecule has 0 amide bonds. The molecule has 2 rings (SSSR count). The molecule has 2 atom stereocenters. The highest BCUT2D eigenvalue weighted by Gasteiger charge is 2.24. The van der Waals surface area contributed by atoms with Gasteiger partial charge in [-0.2, -0.15) is 0 Å². The van der Waals surface area contributed by atoms with E-state index < -0.39 is 0 Å². The summed E-state index contributed by atoms with van der Waals surface area (Å²) in [7, 11) is 0. The Morgan fingerprint density at radius 3 is 1.00 bits per heavy atom. The third kappa shape index (κ3) is 3.81. The van der Waals surface area contributed by atoms with Gasteiger partial charge < -0.3 is 0 Å². The van der Waals surface area contributed by atoms with Gasteiger partial charge in [0, 0.05) is 0 Å². The first-order valence-corrected chi connectivity index (χ1v) is 7.47. The lowest BCUT2D eigenvalue weighted by Gasteiger charge is -2.31. The summed E-state index contributed by atoms with van der Waals surface area (Å²) in [4.78, 5) is 0. The van der Waals surface area contributed by atoms with Crippen LogP contribution in [0.5, 0.6) is 0 Å². The maximum Gasteiger partial charge on any atom is -0.0386 e. The first-order chi connectivity index (χ1) is 7.47. The summed E-state index contributed by atoms with van der Waals surface area (Å²) in [6.07, 6.45) is 19.9. The van der Waals surface area contributed by atoms with E-state index in [0.717, 1.165) is 11.8 Å². The molecule has 0 heterocycles. The maximum atomic E-state index is 1.56. The highest BCUT2D eigenvalue weighted by Crippen LogP contribution is 2.37. The van der Waals surface area contributed by atoms with Gasteiger partial charge in [0.1, 0.15) is 0 Å². The van der Waals surface area contributed by atoms with Crippen molar-refractivity contribution >= 4 is 0 Å². The van der Waals surface area contributed by atoms with Crippen LogP contribution >= 0.6 is 0 Å². The molecule has 0 heteroatoms. The van der Waals surface area contributed by atoms with E-state index in [1.54, 1.807) is 25.7 Å². The molecule has 88 valence electrons. The Hall–Kier alpha value is 0. The fourth-order valence-corrected chi connectivity index (χ4v) is 3.74. The molecular formula is C15H28. The third-order valence-electron chi connectivity index (χ3n) is 4.72. The van der Waals surface area contributed by atoms with Crippen molar-refractivity contribution in [3.8, 4) is 0 Å². The van der Waals surface area contributed by atoms with Gasteiger partial charge in [0.2, 0.25) is 0 Å². The normalized spacial score (nSPS) is 35.2. The van der Waals surface area contributed by atoms with Gasteiger partial charge in [0.15, 0.2) is 0 Å². The molecule has 2 unspecified atom stereocenters. The Balaban J connectivity index is 1.83. The minimum Gasteiger partial charge on any atom is -0.0533 e. The van der Waals surface area contributed by atoms with Crippen LogP contribution in [0.1, 0.15) is 83.5 Å². The van der Waals surface area contributed by atoms with E-state index in [1.165, 1.54) is 57.8 Å². The largest absolute Gasteiger partial charge is 0.0533 e. The monoisotopic (exact) mass is 208 g/mol. The number of hydrogen-bond donors (Lipinski definition) is 0. The average Bonchev–Trinajstić information content (AvgIpc) is 2.32. The van der Waals surface area contributed by atoms with Crippen LogP contribution in [0, 0.1) is 11.8 Å². The second-order valence-corrected chi connectivity index (χ2v) is 5.86. The van der Waals surface area contributed by atoms with Crippen molar-refractivity contribution in [3.05, 3.63) is 0 Å². The van der Waals surface area contributed by atoms with E-state index in [0.29, 0.717) is 0 Å². The predicted molar refractivity (Wildman–Crippen MR) is 67.0 cm³/mol. The molecule has 0 aliphatic heterocycles. The van der Waals surface area contributed by atoms with Crippen molar-refractivity contribution in [2.75, 3.05) is 0 Å². The highest BCUT2D eigenvalue weighted by molar-refractivity contribution is 4.76. The molecule has 2 aliphatic carbocycles. The summed E-state index contributed by atoms with van der Waals surface area (Å²) in [6, 6.07) is 0. The van der Waals surface area contributed by atoms with Gasteiger partial charge in [0.05, 0.1) is 0 Å². The van der Waals surface area contributed by atoms with Crippen LogP contribution in [0.25, 0.3) is 0 Å². The van der Waals surface area contributed by atoms with Gasteiger partial charge in [-0.3, -0.25) is 0 Å². The van der Waals surface area contributed by atoms with Crippen LogP contribution < -0.4 is 0 Å². The van der Waals surface area contributed by atoms with Crippen LogP contribution in [0.4, 0.5) is 0 Å². The standard InChI is InChI=1S/C15H28/c1-2-4-6-10-14-12-8-9-13-15(14)11-7-5-3-1/h14-15H,1-13H2. The minimum atomic E-state index is 1.12. The topological polar surface area (TPSA) is 0 Å². The Bertz CT molecular complexity index is 143. The van der Waals surface area contributed by atoms with Crippen LogP contribution in [0.3, 0.4) is 0 Å². The Labute approximate surface area is 95.8 Å². The van der Waals surface area contributed by atoms with Crippen molar-refractivity contribution in [1.82, 2.24) is 0 Å². The summed E-state index contributed by atoms with van der Waals surface area (Å²) in [5.74, 6) is 2.24. The molecule has 0 saturated heterocycles. The molecule has 0 spiro atoms. The van der Waals surface area contributed by atoms with E-state index in [1.807, 2.05) is 0 Å². The van der Waals surface area contributed by atoms with E-state index in [2.05, 4.69) is 0 Å². The van der Waals surface area contributed by atoms with Crippen LogP contribution in [-0.2, 0) is 0 Å². The number of fused-ring (bicyclic) bond motifs is 1. The lowest BCUT2D eigenvalue weighted by atomic mass is 9.74. The van der Waals surface area contributed by atoms with Gasteiger partial charge in [-0.1, -0.05) is 83.5 Å². The molecular weight excluding hydrogens is 180 g/mol. The molecule has 0 radical (unpaired) electrons. The zero-order valence-electron chi connectivity index (χ0n) is 10.3. The molecule has 0 nitrogen and oxygen atoms in total. The smallest absolute Gasteiger partial charge is 0.0386 e. The lowest BCUT2D eigenvalue weighted by molar-refractivity contribution is 0.204. The summed E-state index contributed by atoms with van der Waals surface area (Å²) in [6.45, 7) is 0. The van der Waals surface area contributed by atoms with Gasteiger partial charge in [0.25, 0.3) is 0 Å². The zero-order valence-corrected chi connectivity index (χ0v) is 10.3. The predicted octanol–water partition coefficient (Wildman–Crippen LogP) is 5.32. The molecule has 15 heavy (non-hydrogen) atoms. The Kier molecular flexibility index (Phi) is 5.02. The van der Waals surface area contributed by atoms with Gasteiger partial charge >= 0.3 is 0 Å². The summed E-state index contributed by atoms with van der Waals surface area (Å²) >= 11 is 0. The second-order valence-electron chi connectivity index (χ2n) is 5.86. The van der Waals surface area contributed by atoms with Gasteiger partial charge in [-0.15, -0.1) is 0 Å². The van der Waals surface area contributed by atoms with Gasteiger partial charge in [-0.05, 0) is 11.8 Å². The molecule has 0 bridgehead atoms. The summed E-state index contributed by atoms with van der Waals surface area (Å²) in [5, 5.41) is 0. The van der Waals surface area contributed by atoms with E-state index in [-0.39, 0.29) is 0 Å². The maximum absolute atomic E-state index is 1.56. The van der Waals surface area contributed by atoms with Crippen LogP contribution in [0.15, 0.2) is 0 Å². The van der Waals surface area contributed by atoms with Crippen molar-refractivity contribution in [3.63, 3.8) is 0 Å². The van der Waals surface area contributed by atoms with Gasteiger partial charge in [-0.25, -0.2) is 0 Å². The lowest BCUT2D eigenvalue weighted by Crippen LogP contribution is -2.19. The Morgan fingerprint density at radius 1 is 0.333 bits per heavy atom. The van der Waals surface area contributed by atoms with Crippen molar-refractivity contribution in [2.45, 2.75) is 83.5 Å². The molecule has 2 aliphatic rings. The van der Waals surface area contributed by atoms with E-state index in [4.69, 9.17) is 0 Å². The van der Waals surface area contributed by atoms with E-state index >= 15 is 0 Å². The van der Waals surface area contributed by atoms with Crippen molar-refractivity contribution in [2.24, 2.45) is 11.8 Å². The third-order valence-corrected chi connectivity index (χ3v) is 4.72. The molecule has 2 saturated carbocycles. The van der Waals surface area contributed by atoms with Crippen molar-refractivity contribution < 1.29 is 0 Å². The van der Waals surface area contributed by atoms with Crippen LogP contribution in [0.2, 0.25) is 0 Å². The highest BCUT2D eigenvalue weighted by atomic mass is 14.3.